The van der Waals surface area contributed by atoms with Crippen molar-refractivity contribution in [1.82, 2.24) is 10.2 Å². The van der Waals surface area contributed by atoms with E-state index in [0.29, 0.717) is 6.54 Å². The van der Waals surface area contributed by atoms with Crippen LogP contribution in [0.3, 0.4) is 0 Å². The highest BCUT2D eigenvalue weighted by Crippen LogP contribution is 2.15. The molecule has 1 saturated heterocycles. The zero-order valence-electron chi connectivity index (χ0n) is 10.4. The number of amides is 1. The average molecular weight is 248 g/mol. The Morgan fingerprint density at radius 3 is 2.88 bits per heavy atom. The molecule has 0 aromatic rings. The molecular weight excluding hydrogens is 226 g/mol. The van der Waals surface area contributed by atoms with Crippen molar-refractivity contribution < 1.29 is 13.6 Å². The van der Waals surface area contributed by atoms with E-state index in [1.165, 1.54) is 12.8 Å². The number of unbranched alkanes of at least 4 members (excludes halogenated alkanes) is 1. The van der Waals surface area contributed by atoms with Crippen LogP contribution in [-0.4, -0.2) is 43.4 Å². The number of rotatable bonds is 6. The molecular formula is C12H22F2N2O. The highest BCUT2D eigenvalue weighted by molar-refractivity contribution is 5.78. The maximum Gasteiger partial charge on any atom is 0.315 e. The summed E-state index contributed by atoms with van der Waals surface area (Å²) in [5, 5.41) is 2.22. The summed E-state index contributed by atoms with van der Waals surface area (Å²) in [5.74, 6) is -0.390. The van der Waals surface area contributed by atoms with Gasteiger partial charge < -0.3 is 10.2 Å². The van der Waals surface area contributed by atoms with Crippen LogP contribution < -0.4 is 5.32 Å². The first-order valence-electron chi connectivity index (χ1n) is 6.38. The Labute approximate surface area is 102 Å². The molecule has 0 aromatic carbocycles. The van der Waals surface area contributed by atoms with Gasteiger partial charge in [-0.25, -0.2) is 0 Å². The van der Waals surface area contributed by atoms with Gasteiger partial charge in [0, 0.05) is 13.1 Å². The topological polar surface area (TPSA) is 32.3 Å². The fourth-order valence-electron chi connectivity index (χ4n) is 2.24. The first-order valence-corrected chi connectivity index (χ1v) is 6.38. The minimum absolute atomic E-state index is 0.354. The van der Waals surface area contributed by atoms with Gasteiger partial charge in [-0.15, -0.1) is 0 Å². The van der Waals surface area contributed by atoms with Crippen molar-refractivity contribution in [2.75, 3.05) is 26.2 Å². The van der Waals surface area contributed by atoms with E-state index in [-0.39, 0.29) is 0 Å². The number of halogens is 2. The normalized spacial score (nSPS) is 21.8. The molecule has 100 valence electrons. The van der Waals surface area contributed by atoms with Gasteiger partial charge in [-0.3, -0.25) is 4.79 Å². The third-order valence-corrected chi connectivity index (χ3v) is 3.14. The summed E-state index contributed by atoms with van der Waals surface area (Å²) >= 11 is 0. The summed E-state index contributed by atoms with van der Waals surface area (Å²) < 4.78 is 23.7. The van der Waals surface area contributed by atoms with Crippen LogP contribution in [0.15, 0.2) is 0 Å². The van der Waals surface area contributed by atoms with Crippen LogP contribution in [0.5, 0.6) is 0 Å². The number of alkyl halides is 2. The van der Waals surface area contributed by atoms with Crippen LogP contribution in [0.2, 0.25) is 0 Å². The standard InChI is InChI=1S/C12H22F2N2O/c1-10-5-4-8-16(9-10)7-3-2-6-15-12(17)11(13)14/h10-11H,2-9H2,1H3,(H,15,17). The van der Waals surface area contributed by atoms with E-state index in [2.05, 4.69) is 17.1 Å². The maximum atomic E-state index is 11.9. The lowest BCUT2D eigenvalue weighted by atomic mass is 10.0. The Morgan fingerprint density at radius 2 is 2.24 bits per heavy atom. The van der Waals surface area contributed by atoms with Gasteiger partial charge in [-0.2, -0.15) is 8.78 Å². The number of hydrogen-bond donors (Lipinski definition) is 1. The molecule has 0 aliphatic carbocycles. The largest absolute Gasteiger partial charge is 0.351 e. The average Bonchev–Trinajstić information content (AvgIpc) is 2.28. The Hall–Kier alpha value is -0.710. The van der Waals surface area contributed by atoms with Crippen LogP contribution in [-0.2, 0) is 4.79 Å². The molecule has 1 fully saturated rings. The van der Waals surface area contributed by atoms with E-state index in [0.717, 1.165) is 38.4 Å². The Morgan fingerprint density at radius 1 is 1.47 bits per heavy atom. The lowest BCUT2D eigenvalue weighted by Crippen LogP contribution is -2.35. The molecule has 1 heterocycles. The lowest BCUT2D eigenvalue weighted by Gasteiger charge is -2.30. The summed E-state index contributed by atoms with van der Waals surface area (Å²) in [5.41, 5.74) is 0. The first kappa shape index (κ1) is 14.4. The van der Waals surface area contributed by atoms with Crippen molar-refractivity contribution in [2.24, 2.45) is 5.92 Å². The van der Waals surface area contributed by atoms with Crippen molar-refractivity contribution in [3.05, 3.63) is 0 Å². The number of carbonyl (C=O) groups is 1. The van der Waals surface area contributed by atoms with Crippen molar-refractivity contribution in [2.45, 2.75) is 39.0 Å². The van der Waals surface area contributed by atoms with Crippen molar-refractivity contribution in [1.29, 1.82) is 0 Å². The van der Waals surface area contributed by atoms with Crippen molar-refractivity contribution in [3.63, 3.8) is 0 Å². The van der Waals surface area contributed by atoms with Gasteiger partial charge in [0.1, 0.15) is 0 Å². The molecule has 5 heteroatoms. The Balaban J connectivity index is 1.98. The quantitative estimate of drug-likeness (QED) is 0.728. The third kappa shape index (κ3) is 5.96. The Bertz CT molecular complexity index is 237. The summed E-state index contributed by atoms with van der Waals surface area (Å²) in [6.07, 6.45) is 1.39. The predicted molar refractivity (Wildman–Crippen MR) is 63.1 cm³/mol. The minimum Gasteiger partial charge on any atom is -0.351 e. The van der Waals surface area contributed by atoms with Gasteiger partial charge in [-0.05, 0) is 44.7 Å². The second-order valence-corrected chi connectivity index (χ2v) is 4.85. The van der Waals surface area contributed by atoms with Gasteiger partial charge in [-0.1, -0.05) is 6.92 Å². The van der Waals surface area contributed by atoms with Crippen molar-refractivity contribution in [3.8, 4) is 0 Å². The molecule has 0 saturated carbocycles. The molecule has 1 atom stereocenters. The highest BCUT2D eigenvalue weighted by Gasteiger charge is 2.16. The van der Waals surface area contributed by atoms with E-state index in [4.69, 9.17) is 0 Å². The second-order valence-electron chi connectivity index (χ2n) is 4.85. The van der Waals surface area contributed by atoms with E-state index >= 15 is 0 Å². The van der Waals surface area contributed by atoms with Crippen LogP contribution in [0.25, 0.3) is 0 Å². The highest BCUT2D eigenvalue weighted by atomic mass is 19.3. The summed E-state index contributed by atoms with van der Waals surface area (Å²) in [6, 6.07) is 0. The fourth-order valence-corrected chi connectivity index (χ4v) is 2.24. The molecule has 0 bridgehead atoms. The number of hydrogen-bond acceptors (Lipinski definition) is 2. The molecule has 0 radical (unpaired) electrons. The molecule has 17 heavy (non-hydrogen) atoms. The van der Waals surface area contributed by atoms with E-state index in [1.54, 1.807) is 0 Å². The first-order chi connectivity index (χ1) is 8.09. The minimum atomic E-state index is -2.89. The van der Waals surface area contributed by atoms with Crippen LogP contribution >= 0.6 is 0 Å². The zero-order chi connectivity index (χ0) is 12.7. The Kier molecular flexibility index (Phi) is 6.40. The number of carbonyl (C=O) groups excluding carboxylic acids is 1. The smallest absolute Gasteiger partial charge is 0.315 e. The van der Waals surface area contributed by atoms with Crippen molar-refractivity contribution >= 4 is 5.91 Å². The van der Waals surface area contributed by atoms with Crippen LogP contribution in [0.1, 0.15) is 32.6 Å². The second kappa shape index (κ2) is 7.58. The SMILES string of the molecule is CC1CCCN(CCCCNC(=O)C(F)F)C1. The van der Waals surface area contributed by atoms with E-state index in [1.807, 2.05) is 0 Å². The molecule has 1 aliphatic heterocycles. The zero-order valence-corrected chi connectivity index (χ0v) is 10.4. The lowest BCUT2D eigenvalue weighted by molar-refractivity contribution is -0.131. The molecule has 0 spiro atoms. The number of nitrogens with one attached hydrogen (secondary N) is 1. The molecule has 1 amide bonds. The van der Waals surface area contributed by atoms with Crippen LogP contribution in [0, 0.1) is 5.92 Å². The maximum absolute atomic E-state index is 11.9. The van der Waals surface area contributed by atoms with Gasteiger partial charge in [0.05, 0.1) is 0 Å². The third-order valence-electron chi connectivity index (χ3n) is 3.14. The molecule has 1 unspecified atom stereocenters. The monoisotopic (exact) mass is 248 g/mol. The fraction of sp³-hybridized carbons (Fsp3) is 0.917. The van der Waals surface area contributed by atoms with E-state index in [9.17, 15) is 13.6 Å². The summed E-state index contributed by atoms with van der Waals surface area (Å²) in [7, 11) is 0. The molecule has 1 N–H and O–H groups in total. The molecule has 0 aromatic heterocycles. The predicted octanol–water partition coefficient (Wildman–Crippen LogP) is 1.88. The summed E-state index contributed by atoms with van der Waals surface area (Å²) in [4.78, 5) is 13.0. The van der Waals surface area contributed by atoms with Gasteiger partial charge in [0.25, 0.3) is 5.91 Å². The van der Waals surface area contributed by atoms with Crippen LogP contribution in [0.4, 0.5) is 8.78 Å². The summed E-state index contributed by atoms with van der Waals surface area (Å²) in [6.45, 7) is 5.91. The number of likely N-dealkylation sites (tertiary alicyclic amines) is 1. The number of piperidine rings is 1. The van der Waals surface area contributed by atoms with E-state index < -0.39 is 12.3 Å². The van der Waals surface area contributed by atoms with Gasteiger partial charge >= 0.3 is 6.43 Å². The van der Waals surface area contributed by atoms with Gasteiger partial charge in [0.15, 0.2) is 0 Å². The molecule has 1 aliphatic rings. The van der Waals surface area contributed by atoms with Gasteiger partial charge in [0.2, 0.25) is 0 Å². The molecule has 3 nitrogen and oxygen atoms in total. The number of nitrogens with zero attached hydrogens (tertiary/aromatic N) is 1. The molecule has 1 rings (SSSR count).